The van der Waals surface area contributed by atoms with E-state index < -0.39 is 0 Å². The molecule has 1 heterocycles. The molecule has 1 aromatic heterocycles. The summed E-state index contributed by atoms with van der Waals surface area (Å²) >= 11 is 5.89. The first-order valence-electron chi connectivity index (χ1n) is 6.44. The van der Waals surface area contributed by atoms with Crippen molar-refractivity contribution in [2.75, 3.05) is 6.54 Å². The molecule has 4 nitrogen and oxygen atoms in total. The van der Waals surface area contributed by atoms with E-state index in [0.717, 1.165) is 25.7 Å². The molecular formula is C14H16ClN3O. The zero-order valence-electron chi connectivity index (χ0n) is 10.9. The number of pyridine rings is 1. The van der Waals surface area contributed by atoms with Crippen molar-refractivity contribution in [1.29, 1.82) is 5.26 Å². The molecule has 1 fully saturated rings. The molecule has 0 spiro atoms. The molecule has 1 saturated carbocycles. The van der Waals surface area contributed by atoms with Gasteiger partial charge in [-0.25, -0.2) is 4.98 Å². The number of carbonyl (C=O) groups excluding carboxylic acids is 1. The smallest absolute Gasteiger partial charge is 0.255 e. The van der Waals surface area contributed by atoms with Crippen molar-refractivity contribution in [3.8, 4) is 6.07 Å². The van der Waals surface area contributed by atoms with E-state index in [1.165, 1.54) is 0 Å². The third kappa shape index (κ3) is 3.24. The van der Waals surface area contributed by atoms with Crippen LogP contribution >= 0.6 is 11.6 Å². The number of hydrogen-bond acceptors (Lipinski definition) is 3. The molecular weight excluding hydrogens is 262 g/mol. The third-order valence-corrected chi connectivity index (χ3v) is 3.63. The first-order valence-corrected chi connectivity index (χ1v) is 6.81. The minimum absolute atomic E-state index is 0.124. The summed E-state index contributed by atoms with van der Waals surface area (Å²) in [4.78, 5) is 18.2. The summed E-state index contributed by atoms with van der Waals surface area (Å²) < 4.78 is 0. The summed E-state index contributed by atoms with van der Waals surface area (Å²) in [6.07, 6.45) is 4.20. The number of rotatable bonds is 3. The second-order valence-electron chi connectivity index (χ2n) is 4.85. The zero-order valence-corrected chi connectivity index (χ0v) is 11.7. The minimum Gasteiger partial charge on any atom is -0.322 e. The van der Waals surface area contributed by atoms with Crippen LogP contribution in [0.1, 0.15) is 41.7 Å². The summed E-state index contributed by atoms with van der Waals surface area (Å²) in [5.41, 5.74) is 1.22. The molecule has 0 bridgehead atoms. The molecule has 0 aromatic carbocycles. The standard InChI is InChI=1S/C14H16ClN3O/c1-10-8-11(9-13(15)17-10)14(19)18(7-6-16)12-4-2-3-5-12/h8-9,12H,2-5,7H2,1H3. The number of hydrogen-bond donors (Lipinski definition) is 0. The zero-order chi connectivity index (χ0) is 13.8. The number of aryl methyl sites for hydroxylation is 1. The lowest BCUT2D eigenvalue weighted by molar-refractivity contribution is 0.0709. The van der Waals surface area contributed by atoms with Gasteiger partial charge in [0.05, 0.1) is 6.07 Å². The van der Waals surface area contributed by atoms with Gasteiger partial charge in [-0.1, -0.05) is 24.4 Å². The van der Waals surface area contributed by atoms with Gasteiger partial charge in [-0.05, 0) is 31.9 Å². The van der Waals surface area contributed by atoms with Gasteiger partial charge >= 0.3 is 0 Å². The molecule has 1 amide bonds. The molecule has 0 atom stereocenters. The monoisotopic (exact) mass is 277 g/mol. The van der Waals surface area contributed by atoms with Crippen LogP contribution in [0.3, 0.4) is 0 Å². The number of amides is 1. The number of carbonyl (C=O) groups is 1. The van der Waals surface area contributed by atoms with Crippen LogP contribution < -0.4 is 0 Å². The van der Waals surface area contributed by atoms with Crippen LogP contribution in [0.25, 0.3) is 0 Å². The predicted molar refractivity (Wildman–Crippen MR) is 72.9 cm³/mol. The van der Waals surface area contributed by atoms with Gasteiger partial charge in [0.25, 0.3) is 5.91 Å². The maximum absolute atomic E-state index is 12.5. The number of halogens is 1. The summed E-state index contributed by atoms with van der Waals surface area (Å²) in [6.45, 7) is 1.93. The molecule has 1 aliphatic carbocycles. The van der Waals surface area contributed by atoms with Gasteiger partial charge in [-0.3, -0.25) is 4.79 Å². The second kappa shape index (κ2) is 6.03. The van der Waals surface area contributed by atoms with E-state index in [2.05, 4.69) is 11.1 Å². The molecule has 1 aliphatic rings. The van der Waals surface area contributed by atoms with Crippen molar-refractivity contribution in [3.63, 3.8) is 0 Å². The molecule has 1 aromatic rings. The van der Waals surface area contributed by atoms with E-state index in [0.29, 0.717) is 16.4 Å². The first-order chi connectivity index (χ1) is 9.11. The molecule has 5 heteroatoms. The number of nitriles is 1. The van der Waals surface area contributed by atoms with Gasteiger partial charge in [-0.15, -0.1) is 0 Å². The van der Waals surface area contributed by atoms with Crippen LogP contribution in [-0.2, 0) is 0 Å². The van der Waals surface area contributed by atoms with Gasteiger partial charge < -0.3 is 4.90 Å². The van der Waals surface area contributed by atoms with Crippen molar-refractivity contribution in [1.82, 2.24) is 9.88 Å². The van der Waals surface area contributed by atoms with Crippen LogP contribution in [0, 0.1) is 18.3 Å². The summed E-state index contributed by atoms with van der Waals surface area (Å²) in [5.74, 6) is -0.124. The number of aromatic nitrogens is 1. The maximum atomic E-state index is 12.5. The van der Waals surface area contributed by atoms with Crippen molar-refractivity contribution >= 4 is 17.5 Å². The Bertz CT molecular complexity index is 498. The van der Waals surface area contributed by atoms with E-state index in [4.69, 9.17) is 16.9 Å². The number of nitrogens with zero attached hydrogens (tertiary/aromatic N) is 3. The second-order valence-corrected chi connectivity index (χ2v) is 5.24. The van der Waals surface area contributed by atoms with E-state index in [-0.39, 0.29) is 18.5 Å². The lowest BCUT2D eigenvalue weighted by Gasteiger charge is -2.26. The molecule has 0 N–H and O–H groups in total. The van der Waals surface area contributed by atoms with E-state index >= 15 is 0 Å². The van der Waals surface area contributed by atoms with E-state index in [1.54, 1.807) is 24.0 Å². The van der Waals surface area contributed by atoms with Crippen LogP contribution in [0.5, 0.6) is 0 Å². The highest BCUT2D eigenvalue weighted by molar-refractivity contribution is 6.29. The maximum Gasteiger partial charge on any atom is 0.255 e. The van der Waals surface area contributed by atoms with Gasteiger partial charge in [0.2, 0.25) is 0 Å². The van der Waals surface area contributed by atoms with Crippen molar-refractivity contribution in [2.45, 2.75) is 38.6 Å². The Morgan fingerprint density at radius 1 is 1.53 bits per heavy atom. The van der Waals surface area contributed by atoms with Crippen LogP contribution in [0.2, 0.25) is 5.15 Å². The Morgan fingerprint density at radius 3 is 2.79 bits per heavy atom. The first kappa shape index (κ1) is 13.8. The minimum atomic E-state index is -0.124. The molecule has 0 radical (unpaired) electrons. The fourth-order valence-electron chi connectivity index (χ4n) is 2.58. The van der Waals surface area contributed by atoms with E-state index in [1.807, 2.05) is 0 Å². The van der Waals surface area contributed by atoms with Crippen LogP contribution in [0.15, 0.2) is 12.1 Å². The summed E-state index contributed by atoms with van der Waals surface area (Å²) in [6, 6.07) is 5.54. The Kier molecular flexibility index (Phi) is 4.39. The van der Waals surface area contributed by atoms with Crippen LogP contribution in [-0.4, -0.2) is 28.4 Å². The van der Waals surface area contributed by atoms with Crippen molar-refractivity contribution < 1.29 is 4.79 Å². The van der Waals surface area contributed by atoms with E-state index in [9.17, 15) is 4.79 Å². The molecule has 100 valence electrons. The highest BCUT2D eigenvalue weighted by Gasteiger charge is 2.27. The molecule has 19 heavy (non-hydrogen) atoms. The molecule has 0 saturated heterocycles. The van der Waals surface area contributed by atoms with Crippen molar-refractivity contribution in [2.24, 2.45) is 0 Å². The largest absolute Gasteiger partial charge is 0.322 e. The van der Waals surface area contributed by atoms with Crippen LogP contribution in [0.4, 0.5) is 0 Å². The molecule has 2 rings (SSSR count). The van der Waals surface area contributed by atoms with Gasteiger partial charge in [0.1, 0.15) is 11.7 Å². The van der Waals surface area contributed by atoms with Crippen molar-refractivity contribution in [3.05, 3.63) is 28.5 Å². The van der Waals surface area contributed by atoms with Gasteiger partial charge in [0, 0.05) is 17.3 Å². The summed E-state index contributed by atoms with van der Waals surface area (Å²) in [7, 11) is 0. The predicted octanol–water partition coefficient (Wildman–Crippen LogP) is 2.95. The third-order valence-electron chi connectivity index (χ3n) is 3.44. The topological polar surface area (TPSA) is 57.0 Å². The fourth-order valence-corrected chi connectivity index (χ4v) is 2.83. The lowest BCUT2D eigenvalue weighted by atomic mass is 10.1. The highest BCUT2D eigenvalue weighted by atomic mass is 35.5. The average molecular weight is 278 g/mol. The van der Waals surface area contributed by atoms with Gasteiger partial charge in [0.15, 0.2) is 0 Å². The fraction of sp³-hybridized carbons (Fsp3) is 0.500. The van der Waals surface area contributed by atoms with Gasteiger partial charge in [-0.2, -0.15) is 5.26 Å². The Hall–Kier alpha value is -1.60. The Morgan fingerprint density at radius 2 is 2.21 bits per heavy atom. The highest BCUT2D eigenvalue weighted by Crippen LogP contribution is 2.25. The normalized spacial score (nSPS) is 15.2. The SMILES string of the molecule is Cc1cc(C(=O)N(CC#N)C2CCCC2)cc(Cl)n1. The molecule has 0 aliphatic heterocycles. The molecule has 0 unspecified atom stereocenters. The quantitative estimate of drug-likeness (QED) is 0.630. The lowest BCUT2D eigenvalue weighted by Crippen LogP contribution is -2.39. The Labute approximate surface area is 118 Å². The Balaban J connectivity index is 2.25. The summed E-state index contributed by atoms with van der Waals surface area (Å²) in [5, 5.41) is 9.23. The average Bonchev–Trinajstić information content (AvgIpc) is 2.87.